The van der Waals surface area contributed by atoms with Gasteiger partial charge in [-0.15, -0.1) is 0 Å². The topological polar surface area (TPSA) is 46.6 Å². The highest BCUT2D eigenvalue weighted by Gasteiger charge is 2.27. The van der Waals surface area contributed by atoms with Gasteiger partial charge in [0.05, 0.1) is 5.56 Å². The Morgan fingerprint density at radius 3 is 2.46 bits per heavy atom. The number of hydrogen-bond donors (Lipinski definition) is 0. The van der Waals surface area contributed by atoms with E-state index in [1.165, 1.54) is 5.56 Å². The summed E-state index contributed by atoms with van der Waals surface area (Å²) in [5, 5.41) is 0. The van der Waals surface area contributed by atoms with Crippen LogP contribution < -0.4 is 0 Å². The van der Waals surface area contributed by atoms with E-state index in [0.29, 0.717) is 18.7 Å². The predicted molar refractivity (Wildman–Crippen MR) is 94.6 cm³/mol. The van der Waals surface area contributed by atoms with Crippen LogP contribution in [0.25, 0.3) is 0 Å². The van der Waals surface area contributed by atoms with Crippen molar-refractivity contribution in [3.63, 3.8) is 0 Å². The van der Waals surface area contributed by atoms with Crippen LogP contribution in [0.5, 0.6) is 0 Å². The molecule has 0 fully saturated rings. The van der Waals surface area contributed by atoms with Gasteiger partial charge in [-0.25, -0.2) is 4.79 Å². The molecule has 1 atom stereocenters. The molecule has 0 aromatic heterocycles. The number of nitrogens with zero attached hydrogens (tertiary/aromatic N) is 1. The summed E-state index contributed by atoms with van der Waals surface area (Å²) in [5.74, 6) is -0.643. The lowest BCUT2D eigenvalue weighted by Gasteiger charge is -2.30. The molecule has 1 aliphatic heterocycles. The molecule has 2 aromatic rings. The Balaban J connectivity index is 1.63. The van der Waals surface area contributed by atoms with Crippen molar-refractivity contribution in [1.29, 1.82) is 0 Å². The molecule has 4 nitrogen and oxygen atoms in total. The van der Waals surface area contributed by atoms with E-state index in [2.05, 4.69) is 22.0 Å². The summed E-state index contributed by atoms with van der Waals surface area (Å²) < 4.78 is 6.22. The molecule has 5 heteroatoms. The molecule has 3 rings (SSSR count). The molecule has 0 saturated heterocycles. The van der Waals surface area contributed by atoms with Gasteiger partial charge in [-0.1, -0.05) is 40.2 Å². The van der Waals surface area contributed by atoms with Gasteiger partial charge in [-0.05, 0) is 48.7 Å². The maximum absolute atomic E-state index is 12.6. The fourth-order valence-electron chi connectivity index (χ4n) is 2.81. The van der Waals surface area contributed by atoms with E-state index in [9.17, 15) is 9.59 Å². The fourth-order valence-corrected chi connectivity index (χ4v) is 3.07. The summed E-state index contributed by atoms with van der Waals surface area (Å²) in [4.78, 5) is 26.5. The summed E-state index contributed by atoms with van der Waals surface area (Å²) >= 11 is 3.32. The van der Waals surface area contributed by atoms with Crippen LogP contribution in [0, 0.1) is 0 Å². The highest BCUT2D eigenvalue weighted by molar-refractivity contribution is 9.10. The second kappa shape index (κ2) is 7.18. The van der Waals surface area contributed by atoms with Crippen molar-refractivity contribution in [3.05, 3.63) is 69.7 Å². The molecule has 1 amide bonds. The van der Waals surface area contributed by atoms with Crippen molar-refractivity contribution in [3.8, 4) is 0 Å². The molecule has 2 aromatic carbocycles. The molecular formula is C19H18BrNO3. The highest BCUT2D eigenvalue weighted by Crippen LogP contribution is 2.20. The van der Waals surface area contributed by atoms with Crippen LogP contribution in [0.15, 0.2) is 53.0 Å². The summed E-state index contributed by atoms with van der Waals surface area (Å²) in [5.41, 5.74) is 2.87. The summed E-state index contributed by atoms with van der Waals surface area (Å²) in [6, 6.07) is 15.0. The second-order valence-corrected chi connectivity index (χ2v) is 6.75. The number of ether oxygens (including phenoxy) is 1. The van der Waals surface area contributed by atoms with Gasteiger partial charge in [0.25, 0.3) is 5.91 Å². The Morgan fingerprint density at radius 2 is 1.75 bits per heavy atom. The number of benzene rings is 2. The lowest BCUT2D eigenvalue weighted by Crippen LogP contribution is -2.42. The largest absolute Gasteiger partial charge is 0.449 e. The number of carbonyl (C=O) groups excluding carboxylic acids is 2. The third kappa shape index (κ3) is 3.67. The Morgan fingerprint density at radius 1 is 1.08 bits per heavy atom. The van der Waals surface area contributed by atoms with Crippen molar-refractivity contribution in [2.24, 2.45) is 0 Å². The predicted octanol–water partition coefficient (Wildman–Crippen LogP) is 3.58. The number of rotatable bonds is 3. The van der Waals surface area contributed by atoms with Crippen molar-refractivity contribution in [1.82, 2.24) is 4.90 Å². The molecule has 0 bridgehead atoms. The second-order valence-electron chi connectivity index (χ2n) is 5.83. The van der Waals surface area contributed by atoms with Crippen LogP contribution in [0.2, 0.25) is 0 Å². The van der Waals surface area contributed by atoms with Crippen LogP contribution in [-0.4, -0.2) is 29.4 Å². The Hall–Kier alpha value is -2.14. The third-order valence-corrected chi connectivity index (χ3v) is 4.68. The minimum absolute atomic E-state index is 0.157. The van der Waals surface area contributed by atoms with Gasteiger partial charge < -0.3 is 9.64 Å². The number of halogens is 1. The minimum Gasteiger partial charge on any atom is -0.449 e. The summed E-state index contributed by atoms with van der Waals surface area (Å²) in [7, 11) is 0. The molecule has 0 saturated carbocycles. The standard InChI is InChI=1S/C19H18BrNO3/c1-13(24-19(23)15-6-8-17(20)9-7-15)18(22)21-11-10-14-4-2-3-5-16(14)12-21/h2-9,13H,10-12H2,1H3/t13-/m0/s1. The number of fused-ring (bicyclic) bond motifs is 1. The molecule has 1 aliphatic rings. The van der Waals surface area contributed by atoms with E-state index in [4.69, 9.17) is 4.74 Å². The van der Waals surface area contributed by atoms with Gasteiger partial charge in [0.15, 0.2) is 6.10 Å². The molecule has 124 valence electrons. The van der Waals surface area contributed by atoms with Crippen molar-refractivity contribution >= 4 is 27.8 Å². The third-order valence-electron chi connectivity index (χ3n) is 4.15. The number of amides is 1. The fraction of sp³-hybridized carbons (Fsp3) is 0.263. The monoisotopic (exact) mass is 387 g/mol. The van der Waals surface area contributed by atoms with Crippen molar-refractivity contribution in [2.75, 3.05) is 6.54 Å². The van der Waals surface area contributed by atoms with Gasteiger partial charge in [0, 0.05) is 17.6 Å². The normalized spacial score (nSPS) is 14.7. The van der Waals surface area contributed by atoms with Gasteiger partial charge in [-0.2, -0.15) is 0 Å². The van der Waals surface area contributed by atoms with E-state index in [1.807, 2.05) is 18.2 Å². The molecular weight excluding hydrogens is 370 g/mol. The van der Waals surface area contributed by atoms with Gasteiger partial charge in [0.1, 0.15) is 0 Å². The first kappa shape index (κ1) is 16.7. The van der Waals surface area contributed by atoms with Gasteiger partial charge in [-0.3, -0.25) is 4.79 Å². The minimum atomic E-state index is -0.800. The molecule has 0 N–H and O–H groups in total. The molecule has 0 spiro atoms. The van der Waals surface area contributed by atoms with E-state index in [1.54, 1.807) is 36.1 Å². The lowest BCUT2D eigenvalue weighted by atomic mass is 9.99. The smallest absolute Gasteiger partial charge is 0.338 e. The first-order valence-corrected chi connectivity index (χ1v) is 8.66. The zero-order chi connectivity index (χ0) is 17.1. The van der Waals surface area contributed by atoms with Crippen LogP contribution in [0.4, 0.5) is 0 Å². The van der Waals surface area contributed by atoms with Crippen LogP contribution in [-0.2, 0) is 22.5 Å². The SMILES string of the molecule is C[C@H](OC(=O)c1ccc(Br)cc1)C(=O)N1CCc2ccccc2C1. The van der Waals surface area contributed by atoms with E-state index in [0.717, 1.165) is 16.5 Å². The van der Waals surface area contributed by atoms with E-state index >= 15 is 0 Å². The quantitative estimate of drug-likeness (QED) is 0.756. The van der Waals surface area contributed by atoms with Crippen LogP contribution in [0.3, 0.4) is 0 Å². The average molecular weight is 388 g/mol. The average Bonchev–Trinajstić information content (AvgIpc) is 2.61. The molecule has 0 unspecified atom stereocenters. The lowest BCUT2D eigenvalue weighted by molar-refractivity contribution is -0.140. The Kier molecular flexibility index (Phi) is 5.00. The molecule has 24 heavy (non-hydrogen) atoms. The molecule has 0 aliphatic carbocycles. The first-order chi connectivity index (χ1) is 11.5. The number of carbonyl (C=O) groups is 2. The Bertz CT molecular complexity index is 757. The zero-order valence-corrected chi connectivity index (χ0v) is 15.0. The van der Waals surface area contributed by atoms with Crippen LogP contribution in [0.1, 0.15) is 28.4 Å². The zero-order valence-electron chi connectivity index (χ0n) is 13.4. The van der Waals surface area contributed by atoms with Gasteiger partial charge >= 0.3 is 5.97 Å². The molecule has 0 radical (unpaired) electrons. The summed E-state index contributed by atoms with van der Waals surface area (Å²) in [6.07, 6.45) is 0.0290. The van der Waals surface area contributed by atoms with Crippen molar-refractivity contribution < 1.29 is 14.3 Å². The van der Waals surface area contributed by atoms with E-state index < -0.39 is 12.1 Å². The number of esters is 1. The maximum atomic E-state index is 12.6. The van der Waals surface area contributed by atoms with Crippen molar-refractivity contribution in [2.45, 2.75) is 26.0 Å². The number of hydrogen-bond acceptors (Lipinski definition) is 3. The maximum Gasteiger partial charge on any atom is 0.338 e. The molecule has 1 heterocycles. The summed E-state index contributed by atoms with van der Waals surface area (Å²) in [6.45, 7) is 2.84. The highest BCUT2D eigenvalue weighted by atomic mass is 79.9. The van der Waals surface area contributed by atoms with Crippen LogP contribution >= 0.6 is 15.9 Å². The Labute approximate surface area is 149 Å². The van der Waals surface area contributed by atoms with Gasteiger partial charge in [0.2, 0.25) is 0 Å². The van der Waals surface area contributed by atoms with E-state index in [-0.39, 0.29) is 5.91 Å². The first-order valence-electron chi connectivity index (χ1n) is 7.86.